The number of esters is 1. The molecule has 7 nitrogen and oxygen atoms in total. The monoisotopic (exact) mass is 403 g/mol. The van der Waals surface area contributed by atoms with E-state index in [1.54, 1.807) is 48.0 Å². The molecule has 1 N–H and O–H groups in total. The van der Waals surface area contributed by atoms with Gasteiger partial charge in [0.25, 0.3) is 5.91 Å². The summed E-state index contributed by atoms with van der Waals surface area (Å²) in [6.07, 6.45) is 1.39. The van der Waals surface area contributed by atoms with Crippen molar-refractivity contribution < 1.29 is 18.7 Å². The van der Waals surface area contributed by atoms with Gasteiger partial charge in [-0.05, 0) is 57.2 Å². The van der Waals surface area contributed by atoms with E-state index in [0.29, 0.717) is 23.7 Å². The number of hydrogen-bond donors (Lipinski definition) is 1. The van der Waals surface area contributed by atoms with Gasteiger partial charge in [0.1, 0.15) is 23.2 Å². The lowest BCUT2D eigenvalue weighted by Gasteiger charge is -2.10. The van der Waals surface area contributed by atoms with E-state index in [2.05, 4.69) is 5.43 Å². The van der Waals surface area contributed by atoms with Crippen molar-refractivity contribution in [3.05, 3.63) is 76.8 Å². The van der Waals surface area contributed by atoms with E-state index in [-0.39, 0.29) is 11.5 Å². The molecule has 0 aliphatic heterocycles. The summed E-state index contributed by atoms with van der Waals surface area (Å²) in [4.78, 5) is 24.2. The third kappa shape index (κ3) is 4.50. The van der Waals surface area contributed by atoms with Crippen LogP contribution in [-0.2, 0) is 9.53 Å². The van der Waals surface area contributed by atoms with E-state index in [4.69, 9.17) is 9.15 Å². The van der Waals surface area contributed by atoms with E-state index in [1.165, 1.54) is 6.08 Å². The topological polar surface area (TPSA) is 97.3 Å². The van der Waals surface area contributed by atoms with Gasteiger partial charge in [0.05, 0.1) is 12.2 Å². The molecule has 0 radical (unpaired) electrons. The van der Waals surface area contributed by atoms with Gasteiger partial charge in [0.2, 0.25) is 0 Å². The second kappa shape index (κ2) is 8.97. The van der Waals surface area contributed by atoms with Crippen molar-refractivity contribution in [2.75, 3.05) is 12.0 Å². The number of carbonyl (C=O) groups excluding carboxylic acids is 2. The minimum absolute atomic E-state index is 0.0824. The first-order chi connectivity index (χ1) is 14.4. The molecule has 0 saturated heterocycles. The summed E-state index contributed by atoms with van der Waals surface area (Å²) in [6, 6.07) is 15.9. The van der Waals surface area contributed by atoms with Crippen molar-refractivity contribution in [3.63, 3.8) is 0 Å². The summed E-state index contributed by atoms with van der Waals surface area (Å²) in [5, 5.41) is 9.40. The first-order valence-corrected chi connectivity index (χ1v) is 9.38. The molecular formula is C23H21N3O4. The number of aromatic nitrogens is 1. The molecule has 0 unspecified atom stereocenters. The van der Waals surface area contributed by atoms with Gasteiger partial charge in [-0.15, -0.1) is 0 Å². The van der Waals surface area contributed by atoms with Crippen LogP contribution in [0.15, 0.2) is 58.5 Å². The average Bonchev–Trinajstić information content (AvgIpc) is 3.34. The number of rotatable bonds is 6. The second-order valence-electron chi connectivity index (χ2n) is 6.56. The maximum absolute atomic E-state index is 12.5. The van der Waals surface area contributed by atoms with Crippen LogP contribution in [0.2, 0.25) is 0 Å². The van der Waals surface area contributed by atoms with Crippen LogP contribution < -0.4 is 5.43 Å². The van der Waals surface area contributed by atoms with Crippen LogP contribution in [-0.4, -0.2) is 23.2 Å². The molecule has 3 rings (SSSR count). The lowest BCUT2D eigenvalue weighted by Crippen LogP contribution is -2.25. The lowest BCUT2D eigenvalue weighted by atomic mass is 10.1. The Morgan fingerprint density at radius 1 is 1.10 bits per heavy atom. The highest BCUT2D eigenvalue weighted by Crippen LogP contribution is 2.24. The fourth-order valence-electron chi connectivity index (χ4n) is 2.87. The Balaban J connectivity index is 1.77. The third-order valence-electron chi connectivity index (χ3n) is 4.44. The van der Waals surface area contributed by atoms with Gasteiger partial charge >= 0.3 is 5.97 Å². The highest BCUT2D eigenvalue weighted by Gasteiger charge is 2.13. The number of amides is 1. The van der Waals surface area contributed by atoms with Gasteiger partial charge in [-0.3, -0.25) is 14.9 Å². The van der Waals surface area contributed by atoms with Crippen LogP contribution in [0.1, 0.15) is 34.4 Å². The molecule has 152 valence electrons. The average molecular weight is 403 g/mol. The van der Waals surface area contributed by atoms with E-state index < -0.39 is 5.91 Å². The van der Waals surface area contributed by atoms with Gasteiger partial charge in [-0.25, -0.2) is 4.79 Å². The molecule has 3 aromatic rings. The van der Waals surface area contributed by atoms with Crippen molar-refractivity contribution in [2.45, 2.75) is 20.8 Å². The lowest BCUT2D eigenvalue weighted by molar-refractivity contribution is -0.113. The minimum Gasteiger partial charge on any atom is -0.462 e. The third-order valence-corrected chi connectivity index (χ3v) is 4.44. The highest BCUT2D eigenvalue weighted by atomic mass is 16.5. The van der Waals surface area contributed by atoms with Crippen molar-refractivity contribution in [3.8, 4) is 17.4 Å². The van der Waals surface area contributed by atoms with Crippen molar-refractivity contribution in [1.29, 1.82) is 5.26 Å². The maximum atomic E-state index is 12.5. The molecule has 0 atom stereocenters. The van der Waals surface area contributed by atoms with E-state index in [9.17, 15) is 14.9 Å². The van der Waals surface area contributed by atoms with E-state index in [1.807, 2.05) is 32.0 Å². The molecule has 2 aromatic heterocycles. The van der Waals surface area contributed by atoms with Crippen LogP contribution in [0.5, 0.6) is 0 Å². The summed E-state index contributed by atoms with van der Waals surface area (Å²) in [5.41, 5.74) is 5.52. The van der Waals surface area contributed by atoms with Crippen LogP contribution in [0.25, 0.3) is 17.4 Å². The Bertz CT molecular complexity index is 1120. The number of nitriles is 1. The zero-order chi connectivity index (χ0) is 21.7. The number of nitrogens with one attached hydrogen (secondary N) is 1. The predicted octanol–water partition coefficient (Wildman–Crippen LogP) is 4.22. The molecule has 0 fully saturated rings. The Kier molecular flexibility index (Phi) is 6.18. The van der Waals surface area contributed by atoms with Crippen LogP contribution >= 0.6 is 0 Å². The zero-order valence-electron chi connectivity index (χ0n) is 16.9. The number of carbonyl (C=O) groups is 2. The summed E-state index contributed by atoms with van der Waals surface area (Å²) in [6.45, 7) is 5.78. The number of aryl methyl sites for hydroxylation is 2. The molecule has 0 aliphatic rings. The first-order valence-electron chi connectivity index (χ1n) is 9.38. The Labute approximate surface area is 174 Å². The fourth-order valence-corrected chi connectivity index (χ4v) is 2.87. The quantitative estimate of drug-likeness (QED) is 0.378. The summed E-state index contributed by atoms with van der Waals surface area (Å²) in [5.74, 6) is 0.000159. The highest BCUT2D eigenvalue weighted by molar-refractivity contribution is 6.06. The Hall–Kier alpha value is -4.05. The summed E-state index contributed by atoms with van der Waals surface area (Å²) in [7, 11) is 0. The molecule has 1 amide bonds. The molecule has 0 spiro atoms. The van der Waals surface area contributed by atoms with Gasteiger partial charge in [-0.1, -0.05) is 12.1 Å². The first kappa shape index (κ1) is 20.7. The smallest absolute Gasteiger partial charge is 0.338 e. The zero-order valence-corrected chi connectivity index (χ0v) is 16.9. The van der Waals surface area contributed by atoms with Gasteiger partial charge in [0, 0.05) is 23.0 Å². The summed E-state index contributed by atoms with van der Waals surface area (Å²) >= 11 is 0. The second-order valence-corrected chi connectivity index (χ2v) is 6.56. The van der Waals surface area contributed by atoms with Crippen LogP contribution in [0, 0.1) is 25.2 Å². The molecule has 0 bridgehead atoms. The van der Waals surface area contributed by atoms with Crippen LogP contribution in [0.4, 0.5) is 0 Å². The summed E-state index contributed by atoms with van der Waals surface area (Å²) < 4.78 is 12.3. The molecule has 0 saturated carbocycles. The minimum atomic E-state index is -0.531. The molecule has 7 heteroatoms. The molecule has 30 heavy (non-hydrogen) atoms. The van der Waals surface area contributed by atoms with Gasteiger partial charge < -0.3 is 9.15 Å². The standard InChI is InChI=1S/C23H21N3O4/c1-4-29-23(28)18-9-7-17(8-10-18)21-12-11-20(30-21)13-19(14-24)22(27)25-26-15(2)5-6-16(26)3/h5-13H,4H2,1-3H3,(H,25,27)/b19-13-. The largest absolute Gasteiger partial charge is 0.462 e. The number of hydrogen-bond acceptors (Lipinski definition) is 5. The Morgan fingerprint density at radius 3 is 2.37 bits per heavy atom. The molecule has 0 aliphatic carbocycles. The molecular weight excluding hydrogens is 382 g/mol. The van der Waals surface area contributed by atoms with Crippen molar-refractivity contribution in [2.24, 2.45) is 0 Å². The van der Waals surface area contributed by atoms with E-state index >= 15 is 0 Å². The normalized spacial score (nSPS) is 11.1. The SMILES string of the molecule is CCOC(=O)c1ccc(-c2ccc(/C=C(/C#N)C(=O)Nn3c(C)ccc3C)o2)cc1. The molecule has 1 aromatic carbocycles. The fraction of sp³-hybridized carbons (Fsp3) is 0.174. The van der Waals surface area contributed by atoms with E-state index in [0.717, 1.165) is 17.0 Å². The van der Waals surface area contributed by atoms with Gasteiger partial charge in [0.15, 0.2) is 0 Å². The van der Waals surface area contributed by atoms with Crippen LogP contribution in [0.3, 0.4) is 0 Å². The predicted molar refractivity (Wildman–Crippen MR) is 112 cm³/mol. The van der Waals surface area contributed by atoms with Crippen molar-refractivity contribution >= 4 is 18.0 Å². The van der Waals surface area contributed by atoms with Crippen molar-refractivity contribution in [1.82, 2.24) is 4.68 Å². The number of nitrogens with zero attached hydrogens (tertiary/aromatic N) is 2. The number of ether oxygens (including phenoxy) is 1. The maximum Gasteiger partial charge on any atom is 0.338 e. The van der Waals surface area contributed by atoms with Gasteiger partial charge in [-0.2, -0.15) is 5.26 Å². The number of furan rings is 1. The molecule has 2 heterocycles. The Morgan fingerprint density at radius 2 is 1.77 bits per heavy atom. The number of benzene rings is 1.